The maximum absolute atomic E-state index is 13.3. The number of nitrogens with one attached hydrogen (secondary N) is 1. The quantitative estimate of drug-likeness (QED) is 0.831. The Kier molecular flexibility index (Phi) is 2.90. The molecule has 1 heterocycles. The van der Waals surface area contributed by atoms with E-state index in [4.69, 9.17) is 4.74 Å². The number of fused-ring (bicyclic) bond motifs is 1. The molecule has 0 fully saturated rings. The van der Waals surface area contributed by atoms with Crippen LogP contribution in [0, 0.1) is 12.7 Å². The fourth-order valence-corrected chi connectivity index (χ4v) is 2.51. The first-order chi connectivity index (χ1) is 9.15. The van der Waals surface area contributed by atoms with Gasteiger partial charge in [0.25, 0.3) is 0 Å². The van der Waals surface area contributed by atoms with E-state index >= 15 is 0 Å². The van der Waals surface area contributed by atoms with Crippen molar-refractivity contribution in [2.75, 3.05) is 5.32 Å². The van der Waals surface area contributed by atoms with Gasteiger partial charge in [-0.25, -0.2) is 4.39 Å². The molecule has 2 unspecified atom stereocenters. The highest BCUT2D eigenvalue weighted by molar-refractivity contribution is 5.64. The van der Waals surface area contributed by atoms with Crippen LogP contribution in [0.15, 0.2) is 42.5 Å². The second-order valence-electron chi connectivity index (χ2n) is 4.97. The SMILES string of the molecule is Cc1cccc2c1NC(C)C(c1cccc(F)c1)O2. The zero-order chi connectivity index (χ0) is 13.4. The third kappa shape index (κ3) is 2.16. The van der Waals surface area contributed by atoms with E-state index in [1.54, 1.807) is 6.07 Å². The second kappa shape index (κ2) is 4.57. The van der Waals surface area contributed by atoms with Crippen molar-refractivity contribution >= 4 is 5.69 Å². The monoisotopic (exact) mass is 257 g/mol. The first-order valence-corrected chi connectivity index (χ1v) is 6.43. The Hall–Kier alpha value is -2.03. The fraction of sp³-hybridized carbons (Fsp3) is 0.250. The molecule has 98 valence electrons. The molecule has 2 nitrogen and oxygen atoms in total. The number of para-hydroxylation sites is 1. The zero-order valence-electron chi connectivity index (χ0n) is 11.0. The lowest BCUT2D eigenvalue weighted by molar-refractivity contribution is 0.177. The molecule has 0 radical (unpaired) electrons. The molecule has 0 aromatic heterocycles. The number of hydrogen-bond acceptors (Lipinski definition) is 2. The maximum atomic E-state index is 13.3. The van der Waals surface area contributed by atoms with E-state index in [1.165, 1.54) is 12.1 Å². The molecule has 0 amide bonds. The summed E-state index contributed by atoms with van der Waals surface area (Å²) in [5, 5.41) is 3.45. The minimum absolute atomic E-state index is 0.0930. The van der Waals surface area contributed by atoms with Crippen LogP contribution in [0.5, 0.6) is 5.75 Å². The fourth-order valence-electron chi connectivity index (χ4n) is 2.51. The highest BCUT2D eigenvalue weighted by Crippen LogP contribution is 2.39. The number of hydrogen-bond donors (Lipinski definition) is 1. The summed E-state index contributed by atoms with van der Waals surface area (Å²) in [6.07, 6.45) is -0.176. The predicted molar refractivity (Wildman–Crippen MR) is 74.0 cm³/mol. The molecule has 2 atom stereocenters. The Morgan fingerprint density at radius 3 is 2.74 bits per heavy atom. The summed E-state index contributed by atoms with van der Waals surface area (Å²) in [6.45, 7) is 4.09. The lowest BCUT2D eigenvalue weighted by atomic mass is 10.00. The molecule has 3 heteroatoms. The topological polar surface area (TPSA) is 21.3 Å². The summed E-state index contributed by atoms with van der Waals surface area (Å²) in [6, 6.07) is 12.6. The van der Waals surface area contributed by atoms with Crippen molar-refractivity contribution in [2.24, 2.45) is 0 Å². The molecule has 2 aromatic carbocycles. The minimum atomic E-state index is -0.233. The van der Waals surface area contributed by atoms with Gasteiger partial charge in [0.15, 0.2) is 0 Å². The first kappa shape index (κ1) is 12.0. The van der Waals surface area contributed by atoms with E-state index in [2.05, 4.69) is 5.32 Å². The largest absolute Gasteiger partial charge is 0.481 e. The summed E-state index contributed by atoms with van der Waals surface area (Å²) >= 11 is 0. The summed E-state index contributed by atoms with van der Waals surface area (Å²) in [5.41, 5.74) is 3.04. The lowest BCUT2D eigenvalue weighted by Gasteiger charge is -2.34. The van der Waals surface area contributed by atoms with Crippen LogP contribution in [0.1, 0.15) is 24.2 Å². The van der Waals surface area contributed by atoms with Crippen molar-refractivity contribution < 1.29 is 9.13 Å². The molecular formula is C16H16FNO. The van der Waals surface area contributed by atoms with Gasteiger partial charge in [0.2, 0.25) is 0 Å². The average Bonchev–Trinajstić information content (AvgIpc) is 2.39. The number of halogens is 1. The third-order valence-electron chi connectivity index (χ3n) is 3.49. The summed E-state index contributed by atoms with van der Waals surface area (Å²) in [5.74, 6) is 0.593. The molecule has 3 rings (SSSR count). The van der Waals surface area contributed by atoms with Crippen LogP contribution < -0.4 is 10.1 Å². The normalized spacial score (nSPS) is 21.2. The molecule has 1 aliphatic heterocycles. The molecule has 0 saturated carbocycles. The van der Waals surface area contributed by atoms with Gasteiger partial charge in [-0.15, -0.1) is 0 Å². The summed E-state index contributed by atoms with van der Waals surface area (Å²) < 4.78 is 19.4. The van der Waals surface area contributed by atoms with Crippen LogP contribution in [0.4, 0.5) is 10.1 Å². The highest BCUT2D eigenvalue weighted by atomic mass is 19.1. The zero-order valence-corrected chi connectivity index (χ0v) is 11.0. The second-order valence-corrected chi connectivity index (χ2v) is 4.97. The van der Waals surface area contributed by atoms with Gasteiger partial charge in [-0.1, -0.05) is 24.3 Å². The molecule has 0 bridgehead atoms. The summed E-state index contributed by atoms with van der Waals surface area (Å²) in [4.78, 5) is 0. The number of rotatable bonds is 1. The van der Waals surface area contributed by atoms with Crippen molar-refractivity contribution in [1.29, 1.82) is 0 Å². The molecule has 2 aromatic rings. The van der Waals surface area contributed by atoms with Crippen LogP contribution >= 0.6 is 0 Å². The standard InChI is InChI=1S/C16H16FNO/c1-10-5-3-8-14-15(10)18-11(2)16(19-14)12-6-4-7-13(17)9-12/h3-9,11,16,18H,1-2H3. The molecule has 1 aliphatic rings. The van der Waals surface area contributed by atoms with E-state index in [9.17, 15) is 4.39 Å². The third-order valence-corrected chi connectivity index (χ3v) is 3.49. The molecule has 0 spiro atoms. The van der Waals surface area contributed by atoms with Crippen LogP contribution in [-0.2, 0) is 0 Å². The first-order valence-electron chi connectivity index (χ1n) is 6.43. The number of benzene rings is 2. The van der Waals surface area contributed by atoms with Gasteiger partial charge in [-0.2, -0.15) is 0 Å². The Morgan fingerprint density at radius 1 is 1.16 bits per heavy atom. The van der Waals surface area contributed by atoms with Gasteiger partial charge in [-0.3, -0.25) is 0 Å². The van der Waals surface area contributed by atoms with Crippen LogP contribution in [-0.4, -0.2) is 6.04 Å². The van der Waals surface area contributed by atoms with E-state index in [-0.39, 0.29) is 18.0 Å². The van der Waals surface area contributed by atoms with Crippen molar-refractivity contribution in [3.63, 3.8) is 0 Å². The van der Waals surface area contributed by atoms with Crippen LogP contribution in [0.3, 0.4) is 0 Å². The van der Waals surface area contributed by atoms with Gasteiger partial charge < -0.3 is 10.1 Å². The van der Waals surface area contributed by atoms with Crippen LogP contribution in [0.2, 0.25) is 0 Å². The molecular weight excluding hydrogens is 241 g/mol. The number of anilines is 1. The van der Waals surface area contributed by atoms with Crippen molar-refractivity contribution in [3.8, 4) is 5.75 Å². The Balaban J connectivity index is 1.98. The number of aryl methyl sites for hydroxylation is 1. The summed E-state index contributed by atoms with van der Waals surface area (Å²) in [7, 11) is 0. The Morgan fingerprint density at radius 2 is 1.95 bits per heavy atom. The minimum Gasteiger partial charge on any atom is -0.481 e. The smallest absolute Gasteiger partial charge is 0.144 e. The predicted octanol–water partition coefficient (Wildman–Crippen LogP) is 4.07. The van der Waals surface area contributed by atoms with Gasteiger partial charge in [-0.05, 0) is 43.2 Å². The number of ether oxygens (including phenoxy) is 1. The molecule has 19 heavy (non-hydrogen) atoms. The molecule has 0 saturated heterocycles. The van der Waals surface area contributed by atoms with Gasteiger partial charge in [0, 0.05) is 0 Å². The molecule has 0 aliphatic carbocycles. The Labute approximate surface area is 112 Å². The van der Waals surface area contributed by atoms with E-state index < -0.39 is 0 Å². The van der Waals surface area contributed by atoms with E-state index in [1.807, 2.05) is 38.1 Å². The van der Waals surface area contributed by atoms with E-state index in [0.29, 0.717) is 0 Å². The Bertz CT molecular complexity index is 611. The van der Waals surface area contributed by atoms with Crippen molar-refractivity contribution in [2.45, 2.75) is 26.0 Å². The maximum Gasteiger partial charge on any atom is 0.144 e. The van der Waals surface area contributed by atoms with Gasteiger partial charge >= 0.3 is 0 Å². The van der Waals surface area contributed by atoms with E-state index in [0.717, 1.165) is 22.6 Å². The van der Waals surface area contributed by atoms with Crippen molar-refractivity contribution in [3.05, 3.63) is 59.4 Å². The van der Waals surface area contributed by atoms with Crippen molar-refractivity contribution in [1.82, 2.24) is 0 Å². The van der Waals surface area contributed by atoms with Crippen LogP contribution in [0.25, 0.3) is 0 Å². The average molecular weight is 257 g/mol. The lowest BCUT2D eigenvalue weighted by Crippen LogP contribution is -2.33. The highest BCUT2D eigenvalue weighted by Gasteiger charge is 2.28. The van der Waals surface area contributed by atoms with Gasteiger partial charge in [0.1, 0.15) is 17.7 Å². The molecule has 1 N–H and O–H groups in total. The van der Waals surface area contributed by atoms with Gasteiger partial charge in [0.05, 0.1) is 11.7 Å².